The highest BCUT2D eigenvalue weighted by Crippen LogP contribution is 2.54. The molecule has 10 heteroatoms. The first-order valence-corrected chi connectivity index (χ1v) is 11.5. The number of hydrogen-bond acceptors (Lipinski definition) is 3. The molecule has 3 unspecified atom stereocenters. The van der Waals surface area contributed by atoms with E-state index >= 15 is 0 Å². The largest absolute Gasteiger partial charge is 0.335 e. The second-order valence-electron chi connectivity index (χ2n) is 3.60. The number of rotatable bonds is 11. The van der Waals surface area contributed by atoms with Crippen molar-refractivity contribution >= 4 is 90.2 Å². The van der Waals surface area contributed by atoms with Gasteiger partial charge in [-0.05, 0) is 0 Å². The Morgan fingerprint density at radius 2 is 1.37 bits per heavy atom. The molecule has 0 saturated carbocycles. The topological polar surface area (TPSA) is 35.5 Å². The maximum Gasteiger partial charge on any atom is 0.335 e. The molecule has 0 aromatic rings. The lowest BCUT2D eigenvalue weighted by atomic mass is 10.5. The molecule has 0 heterocycles. The van der Waals surface area contributed by atoms with E-state index in [0.29, 0.717) is 17.1 Å². The molecule has 0 aliphatic rings. The van der Waals surface area contributed by atoms with Gasteiger partial charge in [-0.1, -0.05) is 47.8 Å². The molecule has 19 heavy (non-hydrogen) atoms. The van der Waals surface area contributed by atoms with Gasteiger partial charge in [0.2, 0.25) is 0 Å². The predicted octanol–water partition coefficient (Wildman–Crippen LogP) is 5.22. The highest BCUT2D eigenvalue weighted by molar-refractivity contribution is 9.10. The third-order valence-corrected chi connectivity index (χ3v) is 8.82. The van der Waals surface area contributed by atoms with E-state index in [1.54, 1.807) is 0 Å². The van der Waals surface area contributed by atoms with Gasteiger partial charge in [0.1, 0.15) is 0 Å². The summed E-state index contributed by atoms with van der Waals surface area (Å²) >= 11 is 27.0. The van der Waals surface area contributed by atoms with Gasteiger partial charge in [0, 0.05) is 23.0 Å². The number of halogens is 6. The minimum Gasteiger partial charge on any atom is -0.307 e. The van der Waals surface area contributed by atoms with Crippen molar-refractivity contribution in [2.45, 2.75) is 15.3 Å². The van der Waals surface area contributed by atoms with Crippen LogP contribution in [0.3, 0.4) is 0 Å². The van der Waals surface area contributed by atoms with E-state index in [9.17, 15) is 4.57 Å². The van der Waals surface area contributed by atoms with Crippen LogP contribution in [-0.2, 0) is 13.6 Å². The first-order chi connectivity index (χ1) is 8.93. The maximum atomic E-state index is 12.7. The Labute approximate surface area is 154 Å². The molecule has 0 aliphatic heterocycles. The fraction of sp³-hybridized carbons (Fsp3) is 1.00. The molecule has 0 radical (unpaired) electrons. The summed E-state index contributed by atoms with van der Waals surface area (Å²) in [5, 5.41) is 0.426. The third kappa shape index (κ3) is 8.61. The van der Waals surface area contributed by atoms with E-state index < -0.39 is 13.3 Å². The molecule has 0 aromatic carbocycles. The Kier molecular flexibility index (Phi) is 13.5. The van der Waals surface area contributed by atoms with Crippen LogP contribution >= 0.6 is 90.2 Å². The Morgan fingerprint density at radius 3 is 1.63 bits per heavy atom. The fourth-order valence-corrected chi connectivity index (χ4v) is 5.55. The average molecular weight is 548 g/mol. The zero-order chi connectivity index (χ0) is 14.9. The Morgan fingerprint density at radius 1 is 0.947 bits per heavy atom. The van der Waals surface area contributed by atoms with E-state index in [2.05, 4.69) is 47.8 Å². The molecule has 0 rings (SSSR count). The van der Waals surface area contributed by atoms with Gasteiger partial charge in [0.15, 0.2) is 0 Å². The van der Waals surface area contributed by atoms with Crippen LogP contribution in [0, 0.1) is 0 Å². The minimum atomic E-state index is -3.32. The van der Waals surface area contributed by atoms with E-state index in [-0.39, 0.29) is 28.7 Å². The zero-order valence-corrected chi connectivity index (χ0v) is 17.8. The normalized spacial score (nSPS) is 19.7. The summed E-state index contributed by atoms with van der Waals surface area (Å²) in [7, 11) is -3.32. The second kappa shape index (κ2) is 12.0. The van der Waals surface area contributed by atoms with Crippen LogP contribution in [0.4, 0.5) is 0 Å². The monoisotopic (exact) mass is 544 g/mol. The molecule has 0 saturated heterocycles. The van der Waals surface area contributed by atoms with Crippen molar-refractivity contribution in [3.8, 4) is 0 Å². The quantitative estimate of drug-likeness (QED) is 0.263. The van der Waals surface area contributed by atoms with Crippen LogP contribution < -0.4 is 0 Å². The van der Waals surface area contributed by atoms with Crippen molar-refractivity contribution in [3.63, 3.8) is 0 Å². The Hall–Kier alpha value is 2.46. The SMILES string of the molecule is O=P(OCC(Br)CCl)(OCC(Br)CCl)C(CCl)CBr. The molecule has 0 amide bonds. The van der Waals surface area contributed by atoms with Gasteiger partial charge in [-0.25, -0.2) is 0 Å². The molecule has 3 nitrogen and oxygen atoms in total. The summed E-state index contributed by atoms with van der Waals surface area (Å²) in [6.45, 7) is 0.379. The summed E-state index contributed by atoms with van der Waals surface area (Å²) in [6.07, 6.45) is 0. The molecular weight excluding hydrogens is 533 g/mol. The molecule has 0 bridgehead atoms. The van der Waals surface area contributed by atoms with Gasteiger partial charge < -0.3 is 9.05 Å². The van der Waals surface area contributed by atoms with Crippen LogP contribution in [0.25, 0.3) is 0 Å². The highest BCUT2D eigenvalue weighted by atomic mass is 79.9. The maximum absolute atomic E-state index is 12.7. The first-order valence-electron chi connectivity index (χ1n) is 5.34. The third-order valence-electron chi connectivity index (χ3n) is 2.01. The summed E-state index contributed by atoms with van der Waals surface area (Å²) in [5.74, 6) is 0.870. The van der Waals surface area contributed by atoms with E-state index in [0.717, 1.165) is 0 Å². The molecule has 0 aromatic heterocycles. The Balaban J connectivity index is 4.66. The van der Waals surface area contributed by atoms with Crippen LogP contribution in [0.2, 0.25) is 0 Å². The lowest BCUT2D eigenvalue weighted by molar-refractivity contribution is 0.205. The number of alkyl halides is 6. The van der Waals surface area contributed by atoms with Crippen molar-refractivity contribution in [2.75, 3.05) is 36.2 Å². The van der Waals surface area contributed by atoms with Crippen molar-refractivity contribution in [1.82, 2.24) is 0 Å². The Bertz CT molecular complexity index is 267. The summed E-state index contributed by atoms with van der Waals surface area (Å²) in [4.78, 5) is -0.185. The van der Waals surface area contributed by atoms with Gasteiger partial charge in [-0.2, -0.15) is 0 Å². The molecule has 0 aliphatic carbocycles. The smallest absolute Gasteiger partial charge is 0.307 e. The van der Waals surface area contributed by atoms with Crippen LogP contribution in [0.5, 0.6) is 0 Å². The zero-order valence-electron chi connectivity index (χ0n) is 9.91. The van der Waals surface area contributed by atoms with Gasteiger partial charge in [0.25, 0.3) is 0 Å². The lowest BCUT2D eigenvalue weighted by Crippen LogP contribution is -2.22. The first kappa shape index (κ1) is 21.5. The van der Waals surface area contributed by atoms with E-state index in [1.165, 1.54) is 0 Å². The molecule has 116 valence electrons. The molecular formula is C9H15Br3Cl3O3P. The summed E-state index contributed by atoms with van der Waals surface area (Å²) < 4.78 is 23.6. The van der Waals surface area contributed by atoms with Crippen molar-refractivity contribution in [1.29, 1.82) is 0 Å². The second-order valence-corrected chi connectivity index (χ2v) is 10.1. The standard InChI is InChI=1S/C9H15Br3Cl3O3P/c10-1-9(4-15)19(16,17-5-7(11)2-13)18-6-8(12)3-14/h7-9H,1-6H2. The van der Waals surface area contributed by atoms with Gasteiger partial charge in [-0.3, -0.25) is 4.57 Å². The fourth-order valence-electron chi connectivity index (χ4n) is 0.917. The molecule has 0 fully saturated rings. The van der Waals surface area contributed by atoms with Gasteiger partial charge in [0.05, 0.1) is 28.5 Å². The summed E-state index contributed by atoms with van der Waals surface area (Å²) in [6, 6.07) is 0. The van der Waals surface area contributed by atoms with Gasteiger partial charge in [-0.15, -0.1) is 34.8 Å². The molecule has 0 N–H and O–H groups in total. The van der Waals surface area contributed by atoms with E-state index in [4.69, 9.17) is 43.9 Å². The molecule has 0 spiro atoms. The van der Waals surface area contributed by atoms with Crippen LogP contribution in [0.15, 0.2) is 0 Å². The minimum absolute atomic E-state index is 0.0924. The predicted molar refractivity (Wildman–Crippen MR) is 94.7 cm³/mol. The van der Waals surface area contributed by atoms with Crippen molar-refractivity contribution in [3.05, 3.63) is 0 Å². The van der Waals surface area contributed by atoms with Crippen molar-refractivity contribution in [2.24, 2.45) is 0 Å². The van der Waals surface area contributed by atoms with Gasteiger partial charge >= 0.3 is 7.60 Å². The highest BCUT2D eigenvalue weighted by Gasteiger charge is 2.36. The molecule has 3 atom stereocenters. The lowest BCUT2D eigenvalue weighted by Gasteiger charge is -2.25. The van der Waals surface area contributed by atoms with E-state index in [1.807, 2.05) is 0 Å². The summed E-state index contributed by atoms with van der Waals surface area (Å²) in [5.41, 5.74) is -0.417. The van der Waals surface area contributed by atoms with Crippen molar-refractivity contribution < 1.29 is 13.6 Å². The van der Waals surface area contributed by atoms with Crippen LogP contribution in [-0.4, -0.2) is 51.5 Å². The number of hydrogen-bond donors (Lipinski definition) is 0. The average Bonchev–Trinajstić information content (AvgIpc) is 2.43. The van der Waals surface area contributed by atoms with Crippen LogP contribution in [0.1, 0.15) is 0 Å².